The molecule has 2 aromatic rings. The summed E-state index contributed by atoms with van der Waals surface area (Å²) in [6.45, 7) is 1.97. The minimum absolute atomic E-state index is 0.173. The number of alkyl halides is 3. The summed E-state index contributed by atoms with van der Waals surface area (Å²) in [7, 11) is 0. The zero-order chi connectivity index (χ0) is 15.6. The number of nitro groups is 1. The molecule has 0 bridgehead atoms. The van der Waals surface area contributed by atoms with Gasteiger partial charge in [-0.2, -0.15) is 13.2 Å². The average Bonchev–Trinajstić information content (AvgIpc) is 2.81. The topological polar surface area (TPSA) is 68.1 Å². The fourth-order valence-corrected chi connectivity index (χ4v) is 2.44. The summed E-state index contributed by atoms with van der Waals surface area (Å²) in [6.07, 6.45) is -3.09. The van der Waals surface area contributed by atoms with E-state index >= 15 is 0 Å². The van der Waals surface area contributed by atoms with E-state index in [1.807, 2.05) is 0 Å². The Morgan fingerprint density at radius 1 is 1.43 bits per heavy atom. The SMILES string of the molecule is Cc1ncc(CNc2ccc([N+](=O)[O-])cc2C(F)(F)F)s1. The first-order chi connectivity index (χ1) is 9.77. The Kier molecular flexibility index (Phi) is 4.12. The molecule has 1 N–H and O–H groups in total. The molecule has 0 aliphatic carbocycles. The third kappa shape index (κ3) is 3.69. The molecule has 5 nitrogen and oxygen atoms in total. The third-order valence-electron chi connectivity index (χ3n) is 2.64. The van der Waals surface area contributed by atoms with Gasteiger partial charge in [0, 0.05) is 28.9 Å². The highest BCUT2D eigenvalue weighted by Crippen LogP contribution is 2.37. The molecule has 1 aromatic heterocycles. The van der Waals surface area contributed by atoms with Crippen LogP contribution < -0.4 is 5.32 Å². The van der Waals surface area contributed by atoms with Crippen LogP contribution in [0.1, 0.15) is 15.4 Å². The molecule has 0 amide bonds. The lowest BCUT2D eigenvalue weighted by Crippen LogP contribution is -2.11. The molecule has 0 saturated carbocycles. The number of hydrogen-bond acceptors (Lipinski definition) is 5. The van der Waals surface area contributed by atoms with E-state index in [0.717, 1.165) is 22.0 Å². The van der Waals surface area contributed by atoms with Crippen molar-refractivity contribution in [2.24, 2.45) is 0 Å². The van der Waals surface area contributed by atoms with Crippen LogP contribution >= 0.6 is 11.3 Å². The highest BCUT2D eigenvalue weighted by atomic mass is 32.1. The van der Waals surface area contributed by atoms with E-state index < -0.39 is 22.4 Å². The van der Waals surface area contributed by atoms with Crippen LogP contribution in [-0.2, 0) is 12.7 Å². The van der Waals surface area contributed by atoms with Crippen LogP contribution in [-0.4, -0.2) is 9.91 Å². The van der Waals surface area contributed by atoms with Crippen molar-refractivity contribution in [2.45, 2.75) is 19.6 Å². The van der Waals surface area contributed by atoms with Gasteiger partial charge in [0.1, 0.15) is 0 Å². The second kappa shape index (κ2) is 5.68. The fraction of sp³-hybridized carbons (Fsp3) is 0.250. The van der Waals surface area contributed by atoms with Crippen LogP contribution in [0.3, 0.4) is 0 Å². The molecule has 9 heteroatoms. The lowest BCUT2D eigenvalue weighted by atomic mass is 10.1. The second-order valence-corrected chi connectivity index (χ2v) is 5.50. The molecule has 1 aromatic carbocycles. The van der Waals surface area contributed by atoms with Gasteiger partial charge in [-0.1, -0.05) is 0 Å². The van der Waals surface area contributed by atoms with Crippen LogP contribution in [0.2, 0.25) is 0 Å². The van der Waals surface area contributed by atoms with Gasteiger partial charge < -0.3 is 5.32 Å². The summed E-state index contributed by atoms with van der Waals surface area (Å²) in [4.78, 5) is 14.5. The van der Waals surface area contributed by atoms with Crippen LogP contribution in [0.15, 0.2) is 24.4 Å². The Bertz CT molecular complexity index is 670. The molecular weight excluding hydrogens is 307 g/mol. The molecule has 2 rings (SSSR count). The normalized spacial score (nSPS) is 11.4. The van der Waals surface area contributed by atoms with Crippen molar-refractivity contribution in [3.05, 3.63) is 50.0 Å². The predicted molar refractivity (Wildman–Crippen MR) is 72.3 cm³/mol. The standard InChI is InChI=1S/C12H10F3N3O2S/c1-7-16-5-9(21-7)6-17-11-3-2-8(18(19)20)4-10(11)12(13,14)15/h2-5,17H,6H2,1H3. The van der Waals surface area contributed by atoms with Crippen molar-refractivity contribution >= 4 is 22.7 Å². The molecule has 0 aliphatic rings. The van der Waals surface area contributed by atoms with E-state index in [0.29, 0.717) is 6.07 Å². The van der Waals surface area contributed by atoms with Gasteiger partial charge in [-0.15, -0.1) is 11.3 Å². The Balaban J connectivity index is 2.27. The van der Waals surface area contributed by atoms with Gasteiger partial charge in [-0.05, 0) is 13.0 Å². The van der Waals surface area contributed by atoms with E-state index in [4.69, 9.17) is 0 Å². The molecular formula is C12H10F3N3O2S. The van der Waals surface area contributed by atoms with Gasteiger partial charge in [0.05, 0.1) is 22.0 Å². The summed E-state index contributed by atoms with van der Waals surface area (Å²) >= 11 is 1.37. The lowest BCUT2D eigenvalue weighted by molar-refractivity contribution is -0.385. The number of halogens is 3. The monoisotopic (exact) mass is 317 g/mol. The number of anilines is 1. The minimum Gasteiger partial charge on any atom is -0.380 e. The molecule has 1 heterocycles. The summed E-state index contributed by atoms with van der Waals surface area (Å²) in [5.41, 5.74) is -1.85. The van der Waals surface area contributed by atoms with Crippen LogP contribution in [0.5, 0.6) is 0 Å². The number of nitro benzene ring substituents is 1. The number of thiazole rings is 1. The fourth-order valence-electron chi connectivity index (χ4n) is 1.70. The van der Waals surface area contributed by atoms with Crippen LogP contribution in [0.25, 0.3) is 0 Å². The number of nitrogens with one attached hydrogen (secondary N) is 1. The van der Waals surface area contributed by atoms with E-state index in [2.05, 4.69) is 10.3 Å². The number of aryl methyl sites for hydroxylation is 1. The molecule has 0 unspecified atom stereocenters. The second-order valence-electron chi connectivity index (χ2n) is 4.18. The minimum atomic E-state index is -4.67. The first-order valence-corrected chi connectivity index (χ1v) is 6.60. The zero-order valence-electron chi connectivity index (χ0n) is 10.8. The Hall–Kier alpha value is -2.16. The highest BCUT2D eigenvalue weighted by molar-refractivity contribution is 7.11. The molecule has 112 valence electrons. The first-order valence-electron chi connectivity index (χ1n) is 5.78. The average molecular weight is 317 g/mol. The van der Waals surface area contributed by atoms with Gasteiger partial charge in [0.15, 0.2) is 0 Å². The van der Waals surface area contributed by atoms with Crippen molar-refractivity contribution in [3.63, 3.8) is 0 Å². The Morgan fingerprint density at radius 3 is 2.67 bits per heavy atom. The summed E-state index contributed by atoms with van der Waals surface area (Å²) in [6, 6.07) is 2.63. The predicted octanol–water partition coefficient (Wildman–Crippen LogP) is 3.99. The molecule has 0 spiro atoms. The van der Waals surface area contributed by atoms with E-state index in [-0.39, 0.29) is 12.2 Å². The number of aromatic nitrogens is 1. The van der Waals surface area contributed by atoms with E-state index in [1.165, 1.54) is 11.3 Å². The summed E-state index contributed by atoms with van der Waals surface area (Å²) < 4.78 is 38.8. The molecule has 0 radical (unpaired) electrons. The molecule has 0 aliphatic heterocycles. The van der Waals surface area contributed by atoms with Gasteiger partial charge in [-0.3, -0.25) is 10.1 Å². The molecule has 0 fully saturated rings. The quantitative estimate of drug-likeness (QED) is 0.684. The summed E-state index contributed by atoms with van der Waals surface area (Å²) in [5, 5.41) is 14.0. The van der Waals surface area contributed by atoms with Crippen molar-refractivity contribution < 1.29 is 18.1 Å². The maximum atomic E-state index is 12.9. The first kappa shape index (κ1) is 15.2. The maximum Gasteiger partial charge on any atom is 0.418 e. The number of non-ortho nitro benzene ring substituents is 1. The van der Waals surface area contributed by atoms with E-state index in [1.54, 1.807) is 13.1 Å². The van der Waals surface area contributed by atoms with Gasteiger partial charge in [0.25, 0.3) is 5.69 Å². The highest BCUT2D eigenvalue weighted by Gasteiger charge is 2.35. The Morgan fingerprint density at radius 2 is 2.14 bits per heavy atom. The number of benzene rings is 1. The van der Waals surface area contributed by atoms with Crippen LogP contribution in [0, 0.1) is 17.0 Å². The van der Waals surface area contributed by atoms with Crippen molar-refractivity contribution in [1.29, 1.82) is 0 Å². The summed E-state index contributed by atoms with van der Waals surface area (Å²) in [5.74, 6) is 0. The van der Waals surface area contributed by atoms with Gasteiger partial charge in [-0.25, -0.2) is 4.98 Å². The number of nitrogens with zero attached hydrogens (tertiary/aromatic N) is 2. The van der Waals surface area contributed by atoms with Gasteiger partial charge in [0.2, 0.25) is 0 Å². The largest absolute Gasteiger partial charge is 0.418 e. The lowest BCUT2D eigenvalue weighted by Gasteiger charge is -2.13. The zero-order valence-corrected chi connectivity index (χ0v) is 11.6. The molecule has 0 saturated heterocycles. The van der Waals surface area contributed by atoms with Crippen LogP contribution in [0.4, 0.5) is 24.5 Å². The van der Waals surface area contributed by atoms with Gasteiger partial charge >= 0.3 is 6.18 Å². The van der Waals surface area contributed by atoms with E-state index in [9.17, 15) is 23.3 Å². The number of hydrogen-bond donors (Lipinski definition) is 1. The van der Waals surface area contributed by atoms with Crippen molar-refractivity contribution in [3.8, 4) is 0 Å². The van der Waals surface area contributed by atoms with Crippen molar-refractivity contribution in [1.82, 2.24) is 4.98 Å². The third-order valence-corrected chi connectivity index (χ3v) is 3.55. The Labute approximate surface area is 121 Å². The smallest absolute Gasteiger partial charge is 0.380 e. The maximum absolute atomic E-state index is 12.9. The molecule has 0 atom stereocenters. The van der Waals surface area contributed by atoms with Crippen molar-refractivity contribution in [2.75, 3.05) is 5.32 Å². The molecule has 21 heavy (non-hydrogen) atoms. The number of rotatable bonds is 4.